The van der Waals surface area contributed by atoms with Crippen molar-refractivity contribution in [3.8, 4) is 0 Å². The van der Waals surface area contributed by atoms with Gasteiger partial charge in [-0.25, -0.2) is 18.0 Å². The van der Waals surface area contributed by atoms with E-state index < -0.39 is 27.0 Å². The van der Waals surface area contributed by atoms with Crippen molar-refractivity contribution in [3.05, 3.63) is 107 Å². The molecule has 40 heavy (non-hydrogen) atoms. The molecule has 0 aliphatic heterocycles. The minimum atomic E-state index is -3.96. The monoisotopic (exact) mass is 562 g/mol. The fourth-order valence-electron chi connectivity index (χ4n) is 4.07. The molecule has 0 amide bonds. The van der Waals surface area contributed by atoms with Crippen LogP contribution >= 0.6 is 0 Å². The molecule has 0 bridgehead atoms. The topological polar surface area (TPSA) is 93.2 Å². The lowest BCUT2D eigenvalue weighted by Gasteiger charge is -2.20. The number of hydrogen-bond acceptors (Lipinski definition) is 8. The van der Waals surface area contributed by atoms with Crippen LogP contribution in [0.2, 0.25) is 0 Å². The molecule has 0 spiro atoms. The van der Waals surface area contributed by atoms with E-state index in [1.165, 1.54) is 32.4 Å². The lowest BCUT2D eigenvalue weighted by atomic mass is 10.0. The zero-order valence-corrected chi connectivity index (χ0v) is 24.3. The Hall–Kier alpha value is -4.37. The normalized spacial score (nSPS) is 12.3. The van der Waals surface area contributed by atoms with Gasteiger partial charge in [-0.2, -0.15) is 0 Å². The average molecular weight is 563 g/mol. The molecule has 0 saturated carbocycles. The number of methoxy groups -OCH3 is 2. The third-order valence-corrected chi connectivity index (χ3v) is 8.31. The van der Waals surface area contributed by atoms with Crippen LogP contribution in [0.1, 0.15) is 37.1 Å². The molecule has 3 aromatic rings. The molecule has 0 aliphatic rings. The van der Waals surface area contributed by atoms with Gasteiger partial charge in [0, 0.05) is 39.6 Å². The Kier molecular flexibility index (Phi) is 9.90. The summed E-state index contributed by atoms with van der Waals surface area (Å²) in [6.07, 6.45) is 6.45. The number of ether oxygens (including phenoxy) is 2. The average Bonchev–Trinajstić information content (AvgIpc) is 2.96. The summed E-state index contributed by atoms with van der Waals surface area (Å²) in [4.78, 5) is 29.0. The van der Waals surface area contributed by atoms with Crippen LogP contribution in [0.3, 0.4) is 0 Å². The Balaban J connectivity index is 2.12. The molecule has 0 saturated heterocycles. The number of benzene rings is 3. The van der Waals surface area contributed by atoms with E-state index >= 15 is 0 Å². The van der Waals surface area contributed by atoms with E-state index in [0.29, 0.717) is 11.1 Å². The molecule has 210 valence electrons. The molecule has 0 N–H and O–H groups in total. The van der Waals surface area contributed by atoms with E-state index in [1.807, 2.05) is 44.1 Å². The third-order valence-electron chi connectivity index (χ3n) is 6.30. The van der Waals surface area contributed by atoms with Gasteiger partial charge in [0.05, 0.1) is 30.2 Å². The highest BCUT2D eigenvalue weighted by molar-refractivity contribution is 7.91. The SMILES string of the molecule is COC(=O)c1cc(N(C)C)ccc1C=CC=CC(c1ccc(N(C)C)cc1C(=O)OC)S(=O)(=O)c1ccccc1. The highest BCUT2D eigenvalue weighted by atomic mass is 32.2. The summed E-state index contributed by atoms with van der Waals surface area (Å²) in [6.45, 7) is 0. The predicted molar refractivity (Wildman–Crippen MR) is 159 cm³/mol. The summed E-state index contributed by atoms with van der Waals surface area (Å²) in [5.74, 6) is -1.12. The van der Waals surface area contributed by atoms with Crippen LogP contribution in [0.4, 0.5) is 11.4 Å². The van der Waals surface area contributed by atoms with Gasteiger partial charge >= 0.3 is 11.9 Å². The summed E-state index contributed by atoms with van der Waals surface area (Å²) in [5, 5.41) is -1.19. The van der Waals surface area contributed by atoms with Crippen molar-refractivity contribution in [2.24, 2.45) is 0 Å². The number of rotatable bonds is 10. The number of hydrogen-bond donors (Lipinski definition) is 0. The Bertz CT molecular complexity index is 1530. The zero-order valence-electron chi connectivity index (χ0n) is 23.5. The van der Waals surface area contributed by atoms with Crippen molar-refractivity contribution < 1.29 is 27.5 Å². The molecular formula is C31H34N2O6S. The summed E-state index contributed by atoms with van der Waals surface area (Å²) >= 11 is 0. The van der Waals surface area contributed by atoms with E-state index in [0.717, 1.165) is 11.4 Å². The molecule has 0 heterocycles. The van der Waals surface area contributed by atoms with Crippen molar-refractivity contribution in [3.63, 3.8) is 0 Å². The Morgan fingerprint density at radius 3 is 1.88 bits per heavy atom. The van der Waals surface area contributed by atoms with E-state index in [9.17, 15) is 18.0 Å². The Morgan fingerprint density at radius 2 is 1.30 bits per heavy atom. The molecule has 0 aliphatic carbocycles. The first-order valence-electron chi connectivity index (χ1n) is 12.4. The van der Waals surface area contributed by atoms with Crippen LogP contribution in [-0.2, 0) is 19.3 Å². The first kappa shape index (κ1) is 30.2. The van der Waals surface area contributed by atoms with Gasteiger partial charge in [-0.05, 0) is 47.5 Å². The third kappa shape index (κ3) is 6.79. The number of anilines is 2. The second-order valence-corrected chi connectivity index (χ2v) is 11.4. The van der Waals surface area contributed by atoms with Crippen LogP contribution in [0.5, 0.6) is 0 Å². The maximum absolute atomic E-state index is 13.9. The lowest BCUT2D eigenvalue weighted by Crippen LogP contribution is -2.18. The van der Waals surface area contributed by atoms with Gasteiger partial charge in [0.25, 0.3) is 0 Å². The summed E-state index contributed by atoms with van der Waals surface area (Å²) in [5.41, 5.74) is 2.98. The van der Waals surface area contributed by atoms with Crippen LogP contribution in [0.15, 0.2) is 89.9 Å². The highest BCUT2D eigenvalue weighted by Crippen LogP contribution is 2.34. The molecule has 1 unspecified atom stereocenters. The second-order valence-electron chi connectivity index (χ2n) is 9.34. The van der Waals surface area contributed by atoms with Gasteiger partial charge in [0.15, 0.2) is 9.84 Å². The minimum Gasteiger partial charge on any atom is -0.465 e. The van der Waals surface area contributed by atoms with Gasteiger partial charge in [-0.3, -0.25) is 0 Å². The van der Waals surface area contributed by atoms with Crippen molar-refractivity contribution in [1.82, 2.24) is 0 Å². The fourth-order valence-corrected chi connectivity index (χ4v) is 5.73. The van der Waals surface area contributed by atoms with E-state index in [1.54, 1.807) is 66.8 Å². The fraction of sp³-hybridized carbons (Fsp3) is 0.226. The molecule has 8 nitrogen and oxygen atoms in total. The zero-order chi connectivity index (χ0) is 29.4. The first-order valence-corrected chi connectivity index (χ1v) is 14.0. The smallest absolute Gasteiger partial charge is 0.338 e. The summed E-state index contributed by atoms with van der Waals surface area (Å²) in [7, 11) is 6.01. The van der Waals surface area contributed by atoms with Crippen molar-refractivity contribution in [2.45, 2.75) is 10.1 Å². The molecule has 9 heteroatoms. The van der Waals surface area contributed by atoms with Gasteiger partial charge in [0.2, 0.25) is 0 Å². The van der Waals surface area contributed by atoms with Crippen LogP contribution in [0, 0.1) is 0 Å². The number of sulfone groups is 1. The first-order chi connectivity index (χ1) is 19.0. The Labute approximate surface area is 236 Å². The quantitative estimate of drug-likeness (QED) is 0.247. The van der Waals surface area contributed by atoms with Crippen molar-refractivity contribution >= 4 is 39.2 Å². The minimum absolute atomic E-state index is 0.119. The summed E-state index contributed by atoms with van der Waals surface area (Å²) in [6, 6.07) is 18.5. The molecule has 0 aromatic heterocycles. The molecule has 3 aromatic carbocycles. The van der Waals surface area contributed by atoms with Crippen LogP contribution in [-0.4, -0.2) is 62.8 Å². The maximum atomic E-state index is 13.9. The van der Waals surface area contributed by atoms with Gasteiger partial charge in [-0.1, -0.05) is 54.6 Å². The predicted octanol–water partition coefficient (Wildman–Crippen LogP) is 5.18. The van der Waals surface area contributed by atoms with E-state index in [4.69, 9.17) is 9.47 Å². The highest BCUT2D eigenvalue weighted by Gasteiger charge is 2.31. The largest absolute Gasteiger partial charge is 0.465 e. The Morgan fingerprint density at radius 1 is 0.750 bits per heavy atom. The van der Waals surface area contributed by atoms with Crippen LogP contribution < -0.4 is 9.80 Å². The van der Waals surface area contributed by atoms with Crippen molar-refractivity contribution in [1.29, 1.82) is 0 Å². The second kappa shape index (κ2) is 13.1. The van der Waals surface area contributed by atoms with Gasteiger partial charge in [0.1, 0.15) is 5.25 Å². The molecular weight excluding hydrogens is 528 g/mol. The van der Waals surface area contributed by atoms with Crippen molar-refractivity contribution in [2.75, 3.05) is 52.2 Å². The number of carbonyl (C=O) groups is 2. The van der Waals surface area contributed by atoms with Crippen LogP contribution in [0.25, 0.3) is 6.08 Å². The van der Waals surface area contributed by atoms with Gasteiger partial charge in [-0.15, -0.1) is 0 Å². The number of allylic oxidation sites excluding steroid dienone is 2. The van der Waals surface area contributed by atoms with E-state index in [-0.39, 0.29) is 16.0 Å². The summed E-state index contributed by atoms with van der Waals surface area (Å²) < 4.78 is 37.7. The molecule has 0 fully saturated rings. The van der Waals surface area contributed by atoms with E-state index in [2.05, 4.69) is 0 Å². The standard InChI is InChI=1S/C31H34N2O6S/c1-32(2)23-17-16-22(27(20-23)30(34)38-5)12-10-11-15-29(40(36,37)25-13-8-7-9-14-25)26-19-18-24(33(3)4)21-28(26)31(35)39-6/h7-21,29H,1-6H3. The molecule has 0 radical (unpaired) electrons. The lowest BCUT2D eigenvalue weighted by molar-refractivity contribution is 0.0591. The number of nitrogens with zero attached hydrogens (tertiary/aromatic N) is 2. The number of carbonyl (C=O) groups excluding carboxylic acids is 2. The molecule has 3 rings (SSSR count). The molecule has 1 atom stereocenters. The maximum Gasteiger partial charge on any atom is 0.338 e. The van der Waals surface area contributed by atoms with Gasteiger partial charge < -0.3 is 19.3 Å². The number of esters is 2.